The molecule has 0 bridgehead atoms. The summed E-state index contributed by atoms with van der Waals surface area (Å²) in [4.78, 5) is 13.9. The third kappa shape index (κ3) is 6.54. The lowest BCUT2D eigenvalue weighted by Gasteiger charge is -2.05. The van der Waals surface area contributed by atoms with Gasteiger partial charge in [-0.3, -0.25) is 4.79 Å². The molecule has 0 saturated heterocycles. The Labute approximate surface area is 138 Å². The van der Waals surface area contributed by atoms with Gasteiger partial charge in [0.25, 0.3) is 0 Å². The molecule has 0 heterocycles. The van der Waals surface area contributed by atoms with Gasteiger partial charge in [0.1, 0.15) is 5.82 Å². The minimum atomic E-state index is -0.238. The van der Waals surface area contributed by atoms with E-state index in [1.54, 1.807) is 35.7 Å². The third-order valence-corrected chi connectivity index (χ3v) is 4.88. The molecular formula is C17H18FNOS2. The molecule has 0 saturated carbocycles. The molecule has 22 heavy (non-hydrogen) atoms. The third-order valence-electron chi connectivity index (χ3n) is 2.85. The summed E-state index contributed by atoms with van der Waals surface area (Å²) in [6.45, 7) is 0.666. The van der Waals surface area contributed by atoms with Crippen LogP contribution in [-0.2, 0) is 4.79 Å². The fraction of sp³-hybridized carbons (Fsp3) is 0.235. The number of nitrogens with one attached hydrogen (secondary N) is 1. The second kappa shape index (κ2) is 9.54. The van der Waals surface area contributed by atoms with E-state index in [0.717, 1.165) is 10.6 Å². The second-order valence-corrected chi connectivity index (χ2v) is 6.90. The lowest BCUT2D eigenvalue weighted by molar-refractivity contribution is -0.120. The predicted molar refractivity (Wildman–Crippen MR) is 91.9 cm³/mol. The van der Waals surface area contributed by atoms with Crippen LogP contribution in [0.2, 0.25) is 0 Å². The van der Waals surface area contributed by atoms with Crippen LogP contribution < -0.4 is 5.32 Å². The van der Waals surface area contributed by atoms with Gasteiger partial charge in [0.15, 0.2) is 0 Å². The number of amides is 1. The number of hydrogen-bond donors (Lipinski definition) is 1. The van der Waals surface area contributed by atoms with Crippen molar-refractivity contribution in [2.24, 2.45) is 0 Å². The molecule has 2 rings (SSSR count). The minimum Gasteiger partial charge on any atom is -0.355 e. The van der Waals surface area contributed by atoms with Gasteiger partial charge in [-0.05, 0) is 36.4 Å². The maximum atomic E-state index is 12.8. The first-order valence-electron chi connectivity index (χ1n) is 7.07. The Balaban J connectivity index is 1.55. The summed E-state index contributed by atoms with van der Waals surface area (Å²) in [5.41, 5.74) is 0. The van der Waals surface area contributed by atoms with Crippen LogP contribution in [0.3, 0.4) is 0 Å². The zero-order valence-corrected chi connectivity index (χ0v) is 13.8. The van der Waals surface area contributed by atoms with Crippen molar-refractivity contribution in [1.82, 2.24) is 5.32 Å². The topological polar surface area (TPSA) is 29.1 Å². The van der Waals surface area contributed by atoms with E-state index in [1.165, 1.54) is 17.0 Å². The summed E-state index contributed by atoms with van der Waals surface area (Å²) in [7, 11) is 0. The van der Waals surface area contributed by atoms with Crippen molar-refractivity contribution in [3.8, 4) is 0 Å². The molecule has 2 aromatic carbocycles. The van der Waals surface area contributed by atoms with Gasteiger partial charge in [-0.2, -0.15) is 0 Å². The van der Waals surface area contributed by atoms with Crippen LogP contribution in [0.15, 0.2) is 64.4 Å². The maximum absolute atomic E-state index is 12.8. The minimum absolute atomic E-state index is 0.0586. The number of carbonyl (C=O) groups is 1. The molecule has 5 heteroatoms. The van der Waals surface area contributed by atoms with E-state index in [-0.39, 0.29) is 11.7 Å². The first kappa shape index (κ1) is 16.9. The summed E-state index contributed by atoms with van der Waals surface area (Å²) in [6, 6.07) is 16.5. The predicted octanol–water partition coefficient (Wildman–Crippen LogP) is 4.22. The molecule has 116 valence electrons. The van der Waals surface area contributed by atoms with Crippen molar-refractivity contribution in [2.45, 2.75) is 16.2 Å². The molecule has 1 amide bonds. The molecule has 0 unspecified atom stereocenters. The van der Waals surface area contributed by atoms with Crippen molar-refractivity contribution in [3.05, 3.63) is 60.4 Å². The van der Waals surface area contributed by atoms with Crippen molar-refractivity contribution >= 4 is 29.4 Å². The lowest BCUT2D eigenvalue weighted by Crippen LogP contribution is -2.25. The first-order valence-corrected chi connectivity index (χ1v) is 9.04. The number of hydrogen-bond acceptors (Lipinski definition) is 3. The quantitative estimate of drug-likeness (QED) is 0.578. The molecule has 0 atom stereocenters. The van der Waals surface area contributed by atoms with Gasteiger partial charge in [0.05, 0.1) is 0 Å². The largest absolute Gasteiger partial charge is 0.355 e. The van der Waals surface area contributed by atoms with Crippen LogP contribution in [-0.4, -0.2) is 24.0 Å². The smallest absolute Gasteiger partial charge is 0.220 e. The monoisotopic (exact) mass is 335 g/mol. The van der Waals surface area contributed by atoms with Gasteiger partial charge in [-0.1, -0.05) is 18.2 Å². The second-order valence-electron chi connectivity index (χ2n) is 4.56. The lowest BCUT2D eigenvalue weighted by atomic mass is 10.4. The Morgan fingerprint density at radius 3 is 2.27 bits per heavy atom. The van der Waals surface area contributed by atoms with Gasteiger partial charge in [-0.15, -0.1) is 23.5 Å². The van der Waals surface area contributed by atoms with Gasteiger partial charge < -0.3 is 5.32 Å². The van der Waals surface area contributed by atoms with Crippen LogP contribution in [0.1, 0.15) is 6.42 Å². The standard InChI is InChI=1S/C17H18FNOS2/c18-14-6-8-16(9-7-14)21-12-10-17(20)19-11-13-22-15-4-2-1-3-5-15/h1-9H,10-13H2,(H,19,20). The highest BCUT2D eigenvalue weighted by Crippen LogP contribution is 2.19. The Morgan fingerprint density at radius 2 is 1.55 bits per heavy atom. The highest BCUT2D eigenvalue weighted by atomic mass is 32.2. The highest BCUT2D eigenvalue weighted by molar-refractivity contribution is 7.99. The van der Waals surface area contributed by atoms with Gasteiger partial charge in [0, 0.05) is 34.3 Å². The molecule has 1 N–H and O–H groups in total. The Kier molecular flexibility index (Phi) is 7.33. The Bertz CT molecular complexity index is 575. The fourth-order valence-electron chi connectivity index (χ4n) is 1.76. The normalized spacial score (nSPS) is 10.4. The molecule has 0 aliphatic carbocycles. The molecular weight excluding hydrogens is 317 g/mol. The molecule has 0 fully saturated rings. The van der Waals surface area contributed by atoms with E-state index in [4.69, 9.17) is 0 Å². The first-order chi connectivity index (χ1) is 10.7. The summed E-state index contributed by atoms with van der Waals surface area (Å²) in [5, 5.41) is 2.92. The van der Waals surface area contributed by atoms with Crippen molar-refractivity contribution in [2.75, 3.05) is 18.1 Å². The Hall–Kier alpha value is -1.46. The molecule has 0 radical (unpaired) electrons. The number of thioether (sulfide) groups is 2. The van der Waals surface area contributed by atoms with Gasteiger partial charge in [0.2, 0.25) is 5.91 Å². The van der Waals surface area contributed by atoms with E-state index in [1.807, 2.05) is 18.2 Å². The molecule has 0 aliphatic heterocycles. The molecule has 2 nitrogen and oxygen atoms in total. The van der Waals surface area contributed by atoms with Crippen LogP contribution >= 0.6 is 23.5 Å². The summed E-state index contributed by atoms with van der Waals surface area (Å²) in [6.07, 6.45) is 0.470. The fourth-order valence-corrected chi connectivity index (χ4v) is 3.40. The zero-order valence-electron chi connectivity index (χ0n) is 12.1. The molecule has 0 aromatic heterocycles. The maximum Gasteiger partial charge on any atom is 0.220 e. The van der Waals surface area contributed by atoms with E-state index in [2.05, 4.69) is 17.4 Å². The van der Waals surface area contributed by atoms with Crippen LogP contribution in [0, 0.1) is 5.82 Å². The average Bonchev–Trinajstić information content (AvgIpc) is 2.54. The summed E-state index contributed by atoms with van der Waals surface area (Å²) in [5.74, 6) is 1.38. The van der Waals surface area contributed by atoms with E-state index in [0.29, 0.717) is 18.7 Å². The molecule has 0 aliphatic rings. The van der Waals surface area contributed by atoms with Crippen LogP contribution in [0.4, 0.5) is 4.39 Å². The average molecular weight is 335 g/mol. The van der Waals surface area contributed by atoms with Crippen molar-refractivity contribution in [1.29, 1.82) is 0 Å². The van der Waals surface area contributed by atoms with E-state index >= 15 is 0 Å². The highest BCUT2D eigenvalue weighted by Gasteiger charge is 2.02. The van der Waals surface area contributed by atoms with E-state index in [9.17, 15) is 9.18 Å². The number of benzene rings is 2. The van der Waals surface area contributed by atoms with Gasteiger partial charge >= 0.3 is 0 Å². The van der Waals surface area contributed by atoms with Gasteiger partial charge in [-0.25, -0.2) is 4.39 Å². The number of carbonyl (C=O) groups excluding carboxylic acids is 1. The summed E-state index contributed by atoms with van der Waals surface area (Å²) >= 11 is 3.29. The number of halogens is 1. The van der Waals surface area contributed by atoms with Crippen LogP contribution in [0.25, 0.3) is 0 Å². The van der Waals surface area contributed by atoms with E-state index < -0.39 is 0 Å². The zero-order chi connectivity index (χ0) is 15.6. The van der Waals surface area contributed by atoms with Crippen molar-refractivity contribution in [3.63, 3.8) is 0 Å². The number of rotatable bonds is 8. The van der Waals surface area contributed by atoms with Crippen LogP contribution in [0.5, 0.6) is 0 Å². The van der Waals surface area contributed by atoms with Crippen molar-refractivity contribution < 1.29 is 9.18 Å². The summed E-state index contributed by atoms with van der Waals surface area (Å²) < 4.78 is 12.8. The SMILES string of the molecule is O=C(CCSc1ccc(F)cc1)NCCSc1ccccc1. The molecule has 2 aromatic rings. The Morgan fingerprint density at radius 1 is 0.909 bits per heavy atom. The molecule has 0 spiro atoms.